The van der Waals surface area contributed by atoms with E-state index in [2.05, 4.69) is 10.4 Å². The van der Waals surface area contributed by atoms with Crippen molar-refractivity contribution in [2.75, 3.05) is 23.4 Å². The molecule has 0 spiro atoms. The van der Waals surface area contributed by atoms with Gasteiger partial charge in [0.1, 0.15) is 11.6 Å². The zero-order valence-electron chi connectivity index (χ0n) is 17.5. The van der Waals surface area contributed by atoms with Crippen LogP contribution in [0.5, 0.6) is 5.75 Å². The molecule has 1 saturated heterocycles. The van der Waals surface area contributed by atoms with Crippen molar-refractivity contribution in [2.24, 2.45) is 0 Å². The van der Waals surface area contributed by atoms with Gasteiger partial charge in [-0.15, -0.1) is 0 Å². The Labute approximate surface area is 182 Å². The van der Waals surface area contributed by atoms with Gasteiger partial charge >= 0.3 is 0 Å². The second-order valence-electron chi connectivity index (χ2n) is 7.82. The fourth-order valence-corrected chi connectivity index (χ4v) is 5.38. The Balaban J connectivity index is 1.55. The predicted molar refractivity (Wildman–Crippen MR) is 120 cm³/mol. The first kappa shape index (κ1) is 21.1. The third-order valence-corrected chi connectivity index (χ3v) is 7.29. The molecule has 1 aromatic heterocycles. The van der Waals surface area contributed by atoms with Gasteiger partial charge in [0.05, 0.1) is 23.2 Å². The normalized spacial score (nSPS) is 17.4. The summed E-state index contributed by atoms with van der Waals surface area (Å²) in [6.07, 6.45) is 0.472. The number of hydrogen-bond acceptors (Lipinski definition) is 5. The number of aryl methyl sites for hydroxylation is 1. The van der Waals surface area contributed by atoms with Gasteiger partial charge in [-0.2, -0.15) is 5.10 Å². The third-order valence-electron chi connectivity index (χ3n) is 5.54. The first-order valence-corrected chi connectivity index (χ1v) is 12.0. The molecule has 0 radical (unpaired) electrons. The number of sulfone groups is 1. The fraction of sp³-hybridized carbons (Fsp3) is 0.304. The minimum atomic E-state index is -3.10. The third kappa shape index (κ3) is 4.80. The highest BCUT2D eigenvalue weighted by Gasteiger charge is 2.31. The van der Waals surface area contributed by atoms with E-state index in [1.165, 1.54) is 0 Å². The van der Waals surface area contributed by atoms with Crippen molar-refractivity contribution in [3.63, 3.8) is 0 Å². The van der Waals surface area contributed by atoms with E-state index in [-0.39, 0.29) is 30.1 Å². The molecule has 1 fully saturated rings. The van der Waals surface area contributed by atoms with Crippen LogP contribution in [0.1, 0.15) is 23.6 Å². The van der Waals surface area contributed by atoms with Crippen LogP contribution in [0.25, 0.3) is 11.3 Å². The summed E-state index contributed by atoms with van der Waals surface area (Å²) in [5.74, 6) is 0.945. The standard InChI is InChI=1S/C23H25N3O4S/c1-16-7-6-10-21(17(16)2)30-14-23(27)24-22-13-20(18-8-4-3-5-9-18)25-26(22)19-11-12-31(28,29)15-19/h3-10,13,19H,11-12,14-15H2,1-2H3,(H,24,27)/t19-/m1/s1. The zero-order chi connectivity index (χ0) is 22.0. The Morgan fingerprint density at radius 2 is 1.94 bits per heavy atom. The number of ether oxygens (including phenoxy) is 1. The maximum Gasteiger partial charge on any atom is 0.263 e. The maximum absolute atomic E-state index is 12.6. The number of nitrogens with one attached hydrogen (secondary N) is 1. The molecule has 0 saturated carbocycles. The molecule has 0 bridgehead atoms. The molecular formula is C23H25N3O4S. The van der Waals surface area contributed by atoms with Crippen molar-refractivity contribution in [2.45, 2.75) is 26.3 Å². The summed E-state index contributed by atoms with van der Waals surface area (Å²) in [4.78, 5) is 12.6. The van der Waals surface area contributed by atoms with Crippen LogP contribution in [0.2, 0.25) is 0 Å². The Bertz CT molecular complexity index is 1200. The molecule has 1 aliphatic rings. The Morgan fingerprint density at radius 3 is 2.65 bits per heavy atom. The van der Waals surface area contributed by atoms with Gasteiger partial charge in [-0.05, 0) is 37.5 Å². The molecule has 1 aliphatic heterocycles. The van der Waals surface area contributed by atoms with E-state index in [4.69, 9.17) is 4.74 Å². The number of carbonyl (C=O) groups is 1. The van der Waals surface area contributed by atoms with E-state index >= 15 is 0 Å². The first-order chi connectivity index (χ1) is 14.8. The lowest BCUT2D eigenvalue weighted by Gasteiger charge is -2.14. The second kappa shape index (κ2) is 8.55. The van der Waals surface area contributed by atoms with Crippen molar-refractivity contribution < 1.29 is 17.9 Å². The van der Waals surface area contributed by atoms with Crippen LogP contribution in [0.15, 0.2) is 54.6 Å². The smallest absolute Gasteiger partial charge is 0.263 e. The Kier molecular flexibility index (Phi) is 5.82. The molecule has 8 heteroatoms. The molecule has 1 N–H and O–H groups in total. The number of hydrogen-bond donors (Lipinski definition) is 1. The fourth-order valence-electron chi connectivity index (χ4n) is 3.69. The quantitative estimate of drug-likeness (QED) is 0.634. The monoisotopic (exact) mass is 439 g/mol. The summed E-state index contributed by atoms with van der Waals surface area (Å²) < 4.78 is 31.3. The molecular weight excluding hydrogens is 414 g/mol. The average Bonchev–Trinajstić information content (AvgIpc) is 3.32. The Morgan fingerprint density at radius 1 is 1.16 bits per heavy atom. The van der Waals surface area contributed by atoms with Crippen LogP contribution >= 0.6 is 0 Å². The molecule has 2 aromatic carbocycles. The number of rotatable bonds is 6. The summed E-state index contributed by atoms with van der Waals surface area (Å²) in [7, 11) is -3.10. The largest absolute Gasteiger partial charge is 0.483 e. The number of anilines is 1. The van der Waals surface area contributed by atoms with E-state index in [1.807, 2.05) is 62.4 Å². The van der Waals surface area contributed by atoms with Crippen molar-refractivity contribution in [3.05, 3.63) is 65.7 Å². The molecule has 0 aliphatic carbocycles. The van der Waals surface area contributed by atoms with E-state index in [0.29, 0.717) is 23.7 Å². The maximum atomic E-state index is 12.6. The van der Waals surface area contributed by atoms with Gasteiger partial charge in [0.2, 0.25) is 0 Å². The van der Waals surface area contributed by atoms with Crippen LogP contribution in [-0.4, -0.2) is 42.2 Å². The van der Waals surface area contributed by atoms with E-state index in [9.17, 15) is 13.2 Å². The molecule has 4 rings (SSSR count). The zero-order valence-corrected chi connectivity index (χ0v) is 18.4. The number of nitrogens with zero attached hydrogens (tertiary/aromatic N) is 2. The van der Waals surface area contributed by atoms with Crippen LogP contribution in [-0.2, 0) is 14.6 Å². The van der Waals surface area contributed by atoms with Crippen molar-refractivity contribution in [1.29, 1.82) is 0 Å². The lowest BCUT2D eigenvalue weighted by molar-refractivity contribution is -0.118. The lowest BCUT2D eigenvalue weighted by atomic mass is 10.1. The summed E-state index contributed by atoms with van der Waals surface area (Å²) in [5.41, 5.74) is 3.65. The molecule has 7 nitrogen and oxygen atoms in total. The topological polar surface area (TPSA) is 90.3 Å². The van der Waals surface area contributed by atoms with Gasteiger partial charge in [0.15, 0.2) is 16.4 Å². The van der Waals surface area contributed by atoms with Crippen LogP contribution in [0.3, 0.4) is 0 Å². The van der Waals surface area contributed by atoms with Crippen molar-refractivity contribution >= 4 is 21.6 Å². The van der Waals surface area contributed by atoms with Gasteiger partial charge in [-0.3, -0.25) is 4.79 Å². The second-order valence-corrected chi connectivity index (χ2v) is 10.0. The summed E-state index contributed by atoms with van der Waals surface area (Å²) in [5, 5.41) is 7.47. The predicted octanol–water partition coefficient (Wildman–Crippen LogP) is 3.54. The van der Waals surface area contributed by atoms with Gasteiger partial charge in [0.25, 0.3) is 5.91 Å². The number of amides is 1. The minimum Gasteiger partial charge on any atom is -0.483 e. The SMILES string of the molecule is Cc1cccc(OCC(=O)Nc2cc(-c3ccccc3)nn2[C@@H]2CCS(=O)(=O)C2)c1C. The van der Waals surface area contributed by atoms with Gasteiger partial charge < -0.3 is 10.1 Å². The number of carbonyl (C=O) groups excluding carboxylic acids is 1. The van der Waals surface area contributed by atoms with Gasteiger partial charge in [0, 0.05) is 11.6 Å². The molecule has 31 heavy (non-hydrogen) atoms. The lowest BCUT2D eigenvalue weighted by Crippen LogP contribution is -2.24. The molecule has 1 amide bonds. The average molecular weight is 440 g/mol. The van der Waals surface area contributed by atoms with Crippen LogP contribution < -0.4 is 10.1 Å². The van der Waals surface area contributed by atoms with E-state index < -0.39 is 9.84 Å². The number of benzene rings is 2. The Hall–Kier alpha value is -3.13. The van der Waals surface area contributed by atoms with Crippen LogP contribution in [0, 0.1) is 13.8 Å². The highest BCUT2D eigenvalue weighted by Crippen LogP contribution is 2.30. The van der Waals surface area contributed by atoms with Crippen molar-refractivity contribution in [1.82, 2.24) is 9.78 Å². The minimum absolute atomic E-state index is 0.0186. The molecule has 3 aromatic rings. The molecule has 0 unspecified atom stereocenters. The van der Waals surface area contributed by atoms with Crippen LogP contribution in [0.4, 0.5) is 5.82 Å². The van der Waals surface area contributed by atoms with E-state index in [0.717, 1.165) is 16.7 Å². The number of aromatic nitrogens is 2. The highest BCUT2D eigenvalue weighted by molar-refractivity contribution is 7.91. The summed E-state index contributed by atoms with van der Waals surface area (Å²) in [6.45, 7) is 3.78. The molecule has 162 valence electrons. The summed E-state index contributed by atoms with van der Waals surface area (Å²) >= 11 is 0. The first-order valence-electron chi connectivity index (χ1n) is 10.2. The molecule has 2 heterocycles. The van der Waals surface area contributed by atoms with Gasteiger partial charge in [-0.1, -0.05) is 42.5 Å². The summed E-state index contributed by atoms with van der Waals surface area (Å²) in [6, 6.07) is 16.7. The highest BCUT2D eigenvalue weighted by atomic mass is 32.2. The van der Waals surface area contributed by atoms with E-state index in [1.54, 1.807) is 10.7 Å². The molecule has 1 atom stereocenters. The van der Waals surface area contributed by atoms with Gasteiger partial charge in [-0.25, -0.2) is 13.1 Å². The van der Waals surface area contributed by atoms with Crippen molar-refractivity contribution in [3.8, 4) is 17.0 Å².